The number of halogens is 1. The first-order chi connectivity index (χ1) is 11.3. The first-order valence-corrected chi connectivity index (χ1v) is 9.42. The van der Waals surface area contributed by atoms with Crippen molar-refractivity contribution in [1.29, 1.82) is 0 Å². The van der Waals surface area contributed by atoms with Gasteiger partial charge in [-0.2, -0.15) is 0 Å². The Labute approximate surface area is 148 Å². The second kappa shape index (κ2) is 7.88. The highest BCUT2D eigenvalue weighted by atomic mass is 35.5. The molecule has 2 N–H and O–H groups in total. The number of likely N-dealkylation sites (N-methyl/N-ethyl adjacent to an activating group) is 1. The van der Waals surface area contributed by atoms with Crippen molar-refractivity contribution in [3.8, 4) is 0 Å². The van der Waals surface area contributed by atoms with Gasteiger partial charge in [-0.25, -0.2) is 8.42 Å². The van der Waals surface area contributed by atoms with Crippen LogP contribution in [0.4, 0.5) is 11.4 Å². The summed E-state index contributed by atoms with van der Waals surface area (Å²) in [7, 11) is 0.395. The van der Waals surface area contributed by atoms with Crippen LogP contribution in [0.25, 0.3) is 0 Å². The molecule has 0 radical (unpaired) electrons. The first-order valence-electron chi connectivity index (χ1n) is 7.55. The van der Waals surface area contributed by atoms with Crippen LogP contribution in [-0.4, -0.2) is 40.5 Å². The third kappa shape index (κ3) is 5.12. The van der Waals surface area contributed by atoms with Crippen molar-refractivity contribution in [3.05, 3.63) is 53.1 Å². The summed E-state index contributed by atoms with van der Waals surface area (Å²) in [6.07, 6.45) is 0. The lowest BCUT2D eigenvalue weighted by molar-refractivity contribution is 0.425. The Bertz CT molecular complexity index is 790. The average molecular weight is 368 g/mol. The van der Waals surface area contributed by atoms with Gasteiger partial charge in [0.25, 0.3) is 10.0 Å². The minimum atomic E-state index is -3.63. The van der Waals surface area contributed by atoms with E-state index in [2.05, 4.69) is 14.9 Å². The zero-order valence-electron chi connectivity index (χ0n) is 14.0. The van der Waals surface area contributed by atoms with Crippen LogP contribution < -0.4 is 10.0 Å². The van der Waals surface area contributed by atoms with E-state index in [1.807, 2.05) is 26.2 Å². The fraction of sp³-hybridized carbons (Fsp3) is 0.294. The smallest absolute Gasteiger partial charge is 0.261 e. The number of rotatable bonds is 7. The Balaban J connectivity index is 2.05. The average Bonchev–Trinajstić information content (AvgIpc) is 2.51. The zero-order valence-corrected chi connectivity index (χ0v) is 15.6. The number of anilines is 2. The minimum absolute atomic E-state index is 0.192. The van der Waals surface area contributed by atoms with Crippen molar-refractivity contribution >= 4 is 33.0 Å². The van der Waals surface area contributed by atoms with Gasteiger partial charge in [0.15, 0.2) is 0 Å². The molecule has 24 heavy (non-hydrogen) atoms. The second-order valence-electron chi connectivity index (χ2n) is 5.82. The zero-order chi connectivity index (χ0) is 17.7. The molecular formula is C17H22ClN3O2S. The maximum absolute atomic E-state index is 12.4. The molecule has 2 rings (SSSR count). The molecule has 0 heterocycles. The minimum Gasteiger partial charge on any atom is -0.384 e. The van der Waals surface area contributed by atoms with Gasteiger partial charge in [0.05, 0.1) is 4.90 Å². The normalized spacial score (nSPS) is 11.5. The molecule has 0 saturated heterocycles. The van der Waals surface area contributed by atoms with E-state index >= 15 is 0 Å². The topological polar surface area (TPSA) is 61.4 Å². The molecular weight excluding hydrogens is 346 g/mol. The van der Waals surface area contributed by atoms with E-state index in [1.54, 1.807) is 31.2 Å². The maximum atomic E-state index is 12.4. The van der Waals surface area contributed by atoms with E-state index in [-0.39, 0.29) is 4.90 Å². The van der Waals surface area contributed by atoms with Crippen molar-refractivity contribution in [3.63, 3.8) is 0 Å². The molecule has 0 unspecified atom stereocenters. The lowest BCUT2D eigenvalue weighted by atomic mass is 10.2. The number of hydrogen-bond acceptors (Lipinski definition) is 4. The molecule has 0 saturated carbocycles. The highest BCUT2D eigenvalue weighted by Crippen LogP contribution is 2.22. The molecule has 2 aromatic rings. The van der Waals surface area contributed by atoms with Gasteiger partial charge in [0, 0.05) is 29.5 Å². The SMILES string of the molecule is Cc1cc(S(=O)(=O)Nc2ccc(NCCN(C)C)cc2)ccc1Cl. The molecule has 0 aliphatic rings. The lowest BCUT2D eigenvalue weighted by Crippen LogP contribution is -2.20. The number of aryl methyl sites for hydroxylation is 1. The number of nitrogens with zero attached hydrogens (tertiary/aromatic N) is 1. The van der Waals surface area contributed by atoms with Crippen molar-refractivity contribution in [2.45, 2.75) is 11.8 Å². The predicted molar refractivity (Wildman–Crippen MR) is 100 cm³/mol. The molecule has 0 spiro atoms. The van der Waals surface area contributed by atoms with Crippen LogP contribution in [0.2, 0.25) is 5.02 Å². The number of nitrogens with one attached hydrogen (secondary N) is 2. The third-order valence-electron chi connectivity index (χ3n) is 3.46. The molecule has 0 fully saturated rings. The second-order valence-corrected chi connectivity index (χ2v) is 7.91. The first kappa shape index (κ1) is 18.6. The number of sulfonamides is 1. The van der Waals surface area contributed by atoms with Gasteiger partial charge in [0.2, 0.25) is 0 Å². The van der Waals surface area contributed by atoms with E-state index in [0.29, 0.717) is 10.7 Å². The molecule has 7 heteroatoms. The number of hydrogen-bond donors (Lipinski definition) is 2. The van der Waals surface area contributed by atoms with Gasteiger partial charge in [0.1, 0.15) is 0 Å². The van der Waals surface area contributed by atoms with E-state index < -0.39 is 10.0 Å². The van der Waals surface area contributed by atoms with Gasteiger partial charge in [-0.3, -0.25) is 4.72 Å². The fourth-order valence-electron chi connectivity index (χ4n) is 2.08. The molecule has 130 valence electrons. The van der Waals surface area contributed by atoms with Crippen LogP contribution in [0.1, 0.15) is 5.56 Å². The summed E-state index contributed by atoms with van der Waals surface area (Å²) < 4.78 is 27.4. The highest BCUT2D eigenvalue weighted by molar-refractivity contribution is 7.92. The van der Waals surface area contributed by atoms with Crippen molar-refractivity contribution in [2.75, 3.05) is 37.2 Å². The molecule has 0 bridgehead atoms. The summed E-state index contributed by atoms with van der Waals surface area (Å²) in [5, 5.41) is 3.82. The summed E-state index contributed by atoms with van der Waals surface area (Å²) >= 11 is 5.94. The van der Waals surface area contributed by atoms with Gasteiger partial charge in [-0.1, -0.05) is 11.6 Å². The van der Waals surface area contributed by atoms with Crippen LogP contribution in [0.15, 0.2) is 47.4 Å². The molecule has 0 aliphatic heterocycles. The molecule has 5 nitrogen and oxygen atoms in total. The van der Waals surface area contributed by atoms with Gasteiger partial charge in [-0.15, -0.1) is 0 Å². The van der Waals surface area contributed by atoms with Crippen LogP contribution >= 0.6 is 11.6 Å². The van der Waals surface area contributed by atoms with Gasteiger partial charge in [-0.05, 0) is 69.0 Å². The quantitative estimate of drug-likeness (QED) is 0.787. The van der Waals surface area contributed by atoms with E-state index in [4.69, 9.17) is 11.6 Å². The van der Waals surface area contributed by atoms with E-state index in [1.165, 1.54) is 6.07 Å². The molecule has 0 aromatic heterocycles. The van der Waals surface area contributed by atoms with Gasteiger partial charge >= 0.3 is 0 Å². The molecule has 2 aromatic carbocycles. The summed E-state index contributed by atoms with van der Waals surface area (Å²) in [5.74, 6) is 0. The molecule has 0 aliphatic carbocycles. The highest BCUT2D eigenvalue weighted by Gasteiger charge is 2.15. The Morgan fingerprint density at radius 1 is 1.04 bits per heavy atom. The van der Waals surface area contributed by atoms with Crippen LogP contribution in [0.3, 0.4) is 0 Å². The van der Waals surface area contributed by atoms with Crippen LogP contribution in [0.5, 0.6) is 0 Å². The Morgan fingerprint density at radius 3 is 2.25 bits per heavy atom. The van der Waals surface area contributed by atoms with Crippen LogP contribution in [0, 0.1) is 6.92 Å². The fourth-order valence-corrected chi connectivity index (χ4v) is 3.34. The van der Waals surface area contributed by atoms with E-state index in [0.717, 1.165) is 24.3 Å². The Morgan fingerprint density at radius 2 is 1.67 bits per heavy atom. The van der Waals surface area contributed by atoms with E-state index in [9.17, 15) is 8.42 Å². The number of benzene rings is 2. The lowest BCUT2D eigenvalue weighted by Gasteiger charge is -2.12. The summed E-state index contributed by atoms with van der Waals surface area (Å²) in [4.78, 5) is 2.28. The summed E-state index contributed by atoms with van der Waals surface area (Å²) in [6.45, 7) is 3.52. The molecule has 0 atom stereocenters. The van der Waals surface area contributed by atoms with Crippen molar-refractivity contribution in [2.24, 2.45) is 0 Å². The Hall–Kier alpha value is -1.76. The monoisotopic (exact) mass is 367 g/mol. The third-order valence-corrected chi connectivity index (χ3v) is 5.27. The van der Waals surface area contributed by atoms with Crippen LogP contribution in [-0.2, 0) is 10.0 Å². The maximum Gasteiger partial charge on any atom is 0.261 e. The predicted octanol–water partition coefficient (Wildman–Crippen LogP) is 3.42. The summed E-state index contributed by atoms with van der Waals surface area (Å²) in [5.41, 5.74) is 2.18. The van der Waals surface area contributed by atoms with Gasteiger partial charge < -0.3 is 10.2 Å². The summed E-state index contributed by atoms with van der Waals surface area (Å²) in [6, 6.07) is 11.8. The Kier molecular flexibility index (Phi) is 6.10. The molecule has 0 amide bonds. The standard InChI is InChI=1S/C17H22ClN3O2S/c1-13-12-16(8-9-17(13)18)24(22,23)20-15-6-4-14(5-7-15)19-10-11-21(2)3/h4-9,12,19-20H,10-11H2,1-3H3. The van der Waals surface area contributed by atoms with Crippen molar-refractivity contribution < 1.29 is 8.42 Å². The van der Waals surface area contributed by atoms with Crippen molar-refractivity contribution in [1.82, 2.24) is 4.90 Å². The largest absolute Gasteiger partial charge is 0.384 e.